The zero-order valence-corrected chi connectivity index (χ0v) is 14.4. The highest BCUT2D eigenvalue weighted by Crippen LogP contribution is 2.24. The fraction of sp³-hybridized carbons (Fsp3) is 0.0556. The number of amides is 2. The van der Waals surface area contributed by atoms with E-state index in [0.717, 1.165) is 0 Å². The number of primary amides is 1. The Kier molecular flexibility index (Phi) is 4.90. The van der Waals surface area contributed by atoms with Gasteiger partial charge in [-0.1, -0.05) is 29.8 Å². The molecule has 7 nitrogen and oxygen atoms in total. The van der Waals surface area contributed by atoms with Crippen LogP contribution in [-0.4, -0.2) is 18.9 Å². The largest absolute Gasteiger partial charge is 0.493 e. The number of para-hydroxylation sites is 1. The third-order valence-electron chi connectivity index (χ3n) is 3.57. The Labute approximate surface area is 153 Å². The Hall–Kier alpha value is -3.32. The molecule has 0 atom stereocenters. The minimum atomic E-state index is -0.741. The average Bonchev–Trinajstić information content (AvgIpc) is 2.64. The number of hydrogen-bond donors (Lipinski definition) is 2. The molecule has 0 aliphatic rings. The number of fused-ring (bicyclic) bond motifs is 1. The molecule has 0 fully saturated rings. The molecule has 2 aromatic carbocycles. The van der Waals surface area contributed by atoms with Gasteiger partial charge in [-0.25, -0.2) is 5.43 Å². The first-order valence-electron chi connectivity index (χ1n) is 7.50. The number of nitrogens with one attached hydrogen (secondary N) is 1. The van der Waals surface area contributed by atoms with Crippen LogP contribution in [0.25, 0.3) is 11.0 Å². The molecular weight excluding hydrogens is 358 g/mol. The highest BCUT2D eigenvalue weighted by Gasteiger charge is 2.13. The topological polar surface area (TPSA) is 107 Å². The lowest BCUT2D eigenvalue weighted by Gasteiger charge is -2.06. The molecular formula is C18H14ClN3O4. The standard InChI is InChI=1S/C18H14ClN3O4/c1-25-14-7-3-4-10-9-13(16(20)23)18(26-15(10)14)22-21-17(24)11-5-2-6-12(19)8-11/h2-9H,1H3,(H2,20,23)(H,21,24)/b22-18+. The van der Waals surface area contributed by atoms with E-state index < -0.39 is 11.8 Å². The number of rotatable bonds is 4. The molecule has 0 bridgehead atoms. The second kappa shape index (κ2) is 7.28. The molecule has 0 radical (unpaired) electrons. The summed E-state index contributed by atoms with van der Waals surface area (Å²) < 4.78 is 10.9. The Morgan fingerprint density at radius 3 is 2.65 bits per heavy atom. The highest BCUT2D eigenvalue weighted by atomic mass is 35.5. The van der Waals surface area contributed by atoms with E-state index in [1.54, 1.807) is 36.4 Å². The van der Waals surface area contributed by atoms with Gasteiger partial charge >= 0.3 is 0 Å². The Balaban J connectivity index is 2.07. The molecule has 2 amide bonds. The van der Waals surface area contributed by atoms with Crippen LogP contribution in [0, 0.1) is 0 Å². The number of ether oxygens (including phenoxy) is 1. The van der Waals surface area contributed by atoms with Gasteiger partial charge < -0.3 is 14.9 Å². The molecule has 26 heavy (non-hydrogen) atoms. The number of carbonyl (C=O) groups excluding carboxylic acids is 2. The molecule has 0 unspecified atom stereocenters. The van der Waals surface area contributed by atoms with Crippen molar-refractivity contribution in [2.75, 3.05) is 7.11 Å². The fourth-order valence-corrected chi connectivity index (χ4v) is 2.53. The van der Waals surface area contributed by atoms with Gasteiger partial charge in [0.2, 0.25) is 5.55 Å². The number of nitrogens with two attached hydrogens (primary N) is 1. The number of nitrogens with zero attached hydrogens (tertiary/aromatic N) is 1. The quantitative estimate of drug-likeness (QED) is 0.687. The predicted molar refractivity (Wildman–Crippen MR) is 95.8 cm³/mol. The van der Waals surface area contributed by atoms with Crippen molar-refractivity contribution in [3.63, 3.8) is 0 Å². The van der Waals surface area contributed by atoms with Gasteiger partial charge in [-0.2, -0.15) is 0 Å². The summed E-state index contributed by atoms with van der Waals surface area (Å²) in [6, 6.07) is 13.1. The van der Waals surface area contributed by atoms with E-state index in [1.807, 2.05) is 0 Å². The summed E-state index contributed by atoms with van der Waals surface area (Å²) in [6.07, 6.45) is 0. The van der Waals surface area contributed by atoms with Crippen molar-refractivity contribution < 1.29 is 18.7 Å². The first-order valence-corrected chi connectivity index (χ1v) is 7.87. The van der Waals surface area contributed by atoms with Crippen LogP contribution in [0.1, 0.15) is 20.7 Å². The van der Waals surface area contributed by atoms with E-state index in [1.165, 1.54) is 19.2 Å². The highest BCUT2D eigenvalue weighted by molar-refractivity contribution is 6.30. The van der Waals surface area contributed by atoms with E-state index in [4.69, 9.17) is 26.5 Å². The molecule has 0 aliphatic heterocycles. The third kappa shape index (κ3) is 3.52. The van der Waals surface area contributed by atoms with Crippen molar-refractivity contribution in [3.8, 4) is 5.75 Å². The second-order valence-electron chi connectivity index (χ2n) is 5.27. The van der Waals surface area contributed by atoms with E-state index in [0.29, 0.717) is 27.3 Å². The van der Waals surface area contributed by atoms with E-state index in [-0.39, 0.29) is 11.1 Å². The van der Waals surface area contributed by atoms with Crippen molar-refractivity contribution >= 4 is 34.4 Å². The number of hydrogen-bond acceptors (Lipinski definition) is 5. The van der Waals surface area contributed by atoms with Gasteiger partial charge in [-0.05, 0) is 30.3 Å². The van der Waals surface area contributed by atoms with Crippen LogP contribution in [0.15, 0.2) is 58.0 Å². The van der Waals surface area contributed by atoms with Crippen LogP contribution in [0.2, 0.25) is 5.02 Å². The Morgan fingerprint density at radius 2 is 1.96 bits per heavy atom. The predicted octanol–water partition coefficient (Wildman–Crippen LogP) is 2.44. The maximum atomic E-state index is 12.2. The fourth-order valence-electron chi connectivity index (χ4n) is 2.34. The summed E-state index contributed by atoms with van der Waals surface area (Å²) in [7, 11) is 1.49. The second-order valence-corrected chi connectivity index (χ2v) is 5.71. The van der Waals surface area contributed by atoms with E-state index in [2.05, 4.69) is 10.5 Å². The van der Waals surface area contributed by atoms with Crippen LogP contribution in [-0.2, 0) is 0 Å². The maximum absolute atomic E-state index is 12.2. The third-order valence-corrected chi connectivity index (χ3v) is 3.80. The molecule has 8 heteroatoms. The molecule has 3 rings (SSSR count). The van der Waals surface area contributed by atoms with Gasteiger partial charge in [0.05, 0.1) is 7.11 Å². The molecule has 0 aliphatic carbocycles. The monoisotopic (exact) mass is 371 g/mol. The summed E-state index contributed by atoms with van der Waals surface area (Å²) in [4.78, 5) is 23.9. The summed E-state index contributed by atoms with van der Waals surface area (Å²) in [5.41, 5.74) is 8.29. The molecule has 3 N–H and O–H groups in total. The Morgan fingerprint density at radius 1 is 1.19 bits per heavy atom. The van der Waals surface area contributed by atoms with Crippen molar-refractivity contribution in [1.82, 2.24) is 5.43 Å². The van der Waals surface area contributed by atoms with Gasteiger partial charge in [0.25, 0.3) is 11.8 Å². The van der Waals surface area contributed by atoms with Crippen LogP contribution < -0.4 is 21.5 Å². The number of carbonyl (C=O) groups is 2. The number of halogens is 1. The molecule has 1 heterocycles. The van der Waals surface area contributed by atoms with Crippen molar-refractivity contribution in [3.05, 3.63) is 70.2 Å². The minimum Gasteiger partial charge on any atom is -0.493 e. The summed E-state index contributed by atoms with van der Waals surface area (Å²) >= 11 is 5.87. The lowest BCUT2D eigenvalue weighted by atomic mass is 10.1. The van der Waals surface area contributed by atoms with Gasteiger partial charge in [-0.3, -0.25) is 9.59 Å². The molecule has 1 aromatic heterocycles. The van der Waals surface area contributed by atoms with E-state index >= 15 is 0 Å². The van der Waals surface area contributed by atoms with Crippen LogP contribution in [0.5, 0.6) is 5.75 Å². The van der Waals surface area contributed by atoms with Crippen LogP contribution in [0.4, 0.5) is 0 Å². The Bertz CT molecular complexity index is 1080. The zero-order valence-electron chi connectivity index (χ0n) is 13.7. The SMILES string of the molecule is COc1cccc2cc(C(N)=O)/c(=N\NC(=O)c3cccc(Cl)c3)oc12. The summed E-state index contributed by atoms with van der Waals surface area (Å²) in [6.45, 7) is 0. The van der Waals surface area contributed by atoms with Crippen molar-refractivity contribution in [1.29, 1.82) is 0 Å². The lowest BCUT2D eigenvalue weighted by Crippen LogP contribution is -2.27. The molecule has 132 valence electrons. The van der Waals surface area contributed by atoms with Crippen molar-refractivity contribution in [2.45, 2.75) is 0 Å². The van der Waals surface area contributed by atoms with Gasteiger partial charge in [-0.15, -0.1) is 5.10 Å². The van der Waals surface area contributed by atoms with E-state index in [9.17, 15) is 9.59 Å². The first kappa shape index (κ1) is 17.5. The van der Waals surface area contributed by atoms with Gasteiger partial charge in [0, 0.05) is 16.0 Å². The van der Waals surface area contributed by atoms with Crippen molar-refractivity contribution in [2.24, 2.45) is 10.8 Å². The average molecular weight is 372 g/mol. The first-order chi connectivity index (χ1) is 12.5. The minimum absolute atomic E-state index is 0.0251. The maximum Gasteiger partial charge on any atom is 0.271 e. The summed E-state index contributed by atoms with van der Waals surface area (Å²) in [5.74, 6) is -0.802. The van der Waals surface area contributed by atoms with Gasteiger partial charge in [0.1, 0.15) is 5.56 Å². The van der Waals surface area contributed by atoms with Crippen LogP contribution >= 0.6 is 11.6 Å². The number of benzene rings is 2. The zero-order chi connectivity index (χ0) is 18.7. The lowest BCUT2D eigenvalue weighted by molar-refractivity contribution is 0.0946. The number of methoxy groups -OCH3 is 1. The molecule has 0 spiro atoms. The summed E-state index contributed by atoms with van der Waals surface area (Å²) in [5, 5.41) is 4.92. The normalized spacial score (nSPS) is 11.4. The van der Waals surface area contributed by atoms with Gasteiger partial charge in [0.15, 0.2) is 11.3 Å². The molecule has 3 aromatic rings. The molecule has 0 saturated carbocycles. The smallest absolute Gasteiger partial charge is 0.271 e. The van der Waals surface area contributed by atoms with Crippen LogP contribution in [0.3, 0.4) is 0 Å². The molecule has 0 saturated heterocycles.